The normalized spacial score (nSPS) is 12.9. The van der Waals surface area contributed by atoms with Gasteiger partial charge in [0.2, 0.25) is 0 Å². The molecule has 1 nitrogen and oxygen atoms in total. The molecule has 2 aromatic carbocycles. The third-order valence-corrected chi connectivity index (χ3v) is 3.18. The average molecular weight is 213 g/mol. The first-order valence-electron chi connectivity index (χ1n) is 6.04. The topological polar surface area (TPSA) is 26.0 Å². The number of hydrogen-bond donors (Lipinski definition) is 1. The molecule has 0 heterocycles. The van der Waals surface area contributed by atoms with Crippen molar-refractivity contribution in [2.45, 2.75) is 25.7 Å². The van der Waals surface area contributed by atoms with E-state index in [9.17, 15) is 0 Å². The van der Waals surface area contributed by atoms with Gasteiger partial charge in [0.1, 0.15) is 0 Å². The van der Waals surface area contributed by atoms with Crippen LogP contribution in [0.15, 0.2) is 42.5 Å². The SMILES string of the molecule is CCCC(CN)c1cccc2ccccc12. The number of rotatable bonds is 4. The average Bonchev–Trinajstić information content (AvgIpc) is 2.35. The van der Waals surface area contributed by atoms with Crippen LogP contribution in [0, 0.1) is 0 Å². The number of fused-ring (bicyclic) bond motifs is 1. The van der Waals surface area contributed by atoms with Gasteiger partial charge >= 0.3 is 0 Å². The Morgan fingerprint density at radius 2 is 1.81 bits per heavy atom. The molecule has 0 aliphatic heterocycles. The van der Waals surface area contributed by atoms with Crippen molar-refractivity contribution >= 4 is 10.8 Å². The van der Waals surface area contributed by atoms with E-state index in [0.29, 0.717) is 5.92 Å². The lowest BCUT2D eigenvalue weighted by molar-refractivity contribution is 0.626. The summed E-state index contributed by atoms with van der Waals surface area (Å²) in [6.45, 7) is 2.95. The zero-order valence-corrected chi connectivity index (χ0v) is 9.82. The summed E-state index contributed by atoms with van der Waals surface area (Å²) in [6, 6.07) is 15.1. The van der Waals surface area contributed by atoms with E-state index in [-0.39, 0.29) is 0 Å². The maximum Gasteiger partial charge on any atom is -0.000802 e. The molecule has 1 atom stereocenters. The lowest BCUT2D eigenvalue weighted by Gasteiger charge is -2.16. The van der Waals surface area contributed by atoms with Crippen LogP contribution in [-0.4, -0.2) is 6.54 Å². The van der Waals surface area contributed by atoms with Crippen LogP contribution in [-0.2, 0) is 0 Å². The minimum absolute atomic E-state index is 0.496. The van der Waals surface area contributed by atoms with Crippen molar-refractivity contribution in [1.29, 1.82) is 0 Å². The van der Waals surface area contributed by atoms with Gasteiger partial charge in [0.15, 0.2) is 0 Å². The standard InChI is InChI=1S/C15H19N/c1-2-6-13(11-16)15-10-5-8-12-7-3-4-9-14(12)15/h3-5,7-10,13H,2,6,11,16H2,1H3. The largest absolute Gasteiger partial charge is 0.330 e. The quantitative estimate of drug-likeness (QED) is 0.823. The summed E-state index contributed by atoms with van der Waals surface area (Å²) in [5.74, 6) is 0.496. The van der Waals surface area contributed by atoms with E-state index < -0.39 is 0 Å². The van der Waals surface area contributed by atoms with Crippen molar-refractivity contribution in [2.75, 3.05) is 6.54 Å². The van der Waals surface area contributed by atoms with E-state index in [1.54, 1.807) is 0 Å². The molecule has 2 aromatic rings. The summed E-state index contributed by atoms with van der Waals surface area (Å²) in [5.41, 5.74) is 7.29. The highest BCUT2D eigenvalue weighted by molar-refractivity contribution is 5.86. The summed E-state index contributed by atoms with van der Waals surface area (Å²) in [4.78, 5) is 0. The Balaban J connectivity index is 2.50. The molecule has 1 heteroatoms. The highest BCUT2D eigenvalue weighted by Gasteiger charge is 2.11. The van der Waals surface area contributed by atoms with Crippen molar-refractivity contribution in [1.82, 2.24) is 0 Å². The maximum atomic E-state index is 5.88. The Bertz CT molecular complexity index is 456. The third-order valence-electron chi connectivity index (χ3n) is 3.18. The van der Waals surface area contributed by atoms with Crippen molar-refractivity contribution in [2.24, 2.45) is 5.73 Å². The van der Waals surface area contributed by atoms with Gasteiger partial charge in [-0.2, -0.15) is 0 Å². The van der Waals surface area contributed by atoms with Gasteiger partial charge in [0.05, 0.1) is 0 Å². The lowest BCUT2D eigenvalue weighted by atomic mass is 9.90. The first kappa shape index (κ1) is 11.2. The molecule has 0 aliphatic carbocycles. The summed E-state index contributed by atoms with van der Waals surface area (Å²) < 4.78 is 0. The summed E-state index contributed by atoms with van der Waals surface area (Å²) in [6.07, 6.45) is 2.36. The number of hydrogen-bond acceptors (Lipinski definition) is 1. The Morgan fingerprint density at radius 1 is 1.06 bits per heavy atom. The van der Waals surface area contributed by atoms with Gasteiger partial charge in [-0.3, -0.25) is 0 Å². The van der Waals surface area contributed by atoms with Crippen LogP contribution < -0.4 is 5.73 Å². The van der Waals surface area contributed by atoms with Gasteiger partial charge in [0.25, 0.3) is 0 Å². The van der Waals surface area contributed by atoms with E-state index in [2.05, 4.69) is 49.4 Å². The van der Waals surface area contributed by atoms with Crippen LogP contribution in [0.1, 0.15) is 31.2 Å². The first-order chi connectivity index (χ1) is 7.86. The highest BCUT2D eigenvalue weighted by Crippen LogP contribution is 2.27. The molecule has 1 unspecified atom stereocenters. The smallest absolute Gasteiger partial charge is 0.000802 e. The molecule has 16 heavy (non-hydrogen) atoms. The fraction of sp³-hybridized carbons (Fsp3) is 0.333. The minimum Gasteiger partial charge on any atom is -0.330 e. The van der Waals surface area contributed by atoms with E-state index in [1.165, 1.54) is 29.2 Å². The predicted octanol–water partition coefficient (Wildman–Crippen LogP) is 3.68. The Labute approximate surface area is 97.3 Å². The van der Waals surface area contributed by atoms with Crippen molar-refractivity contribution in [3.63, 3.8) is 0 Å². The molecule has 0 radical (unpaired) electrons. The van der Waals surface area contributed by atoms with E-state index in [0.717, 1.165) is 6.54 Å². The minimum atomic E-state index is 0.496. The fourth-order valence-electron chi connectivity index (χ4n) is 2.36. The van der Waals surface area contributed by atoms with Crippen LogP contribution in [0.2, 0.25) is 0 Å². The molecule has 0 amide bonds. The molecule has 2 rings (SSSR count). The molecule has 0 spiro atoms. The highest BCUT2D eigenvalue weighted by atomic mass is 14.5. The molecule has 0 saturated heterocycles. The second-order valence-electron chi connectivity index (χ2n) is 4.29. The van der Waals surface area contributed by atoms with Gasteiger partial charge < -0.3 is 5.73 Å². The molecule has 0 saturated carbocycles. The summed E-state index contributed by atoms with van der Waals surface area (Å²) >= 11 is 0. The molecule has 0 fully saturated rings. The van der Waals surface area contributed by atoms with Crippen LogP contribution in [0.25, 0.3) is 10.8 Å². The van der Waals surface area contributed by atoms with E-state index >= 15 is 0 Å². The second-order valence-corrected chi connectivity index (χ2v) is 4.29. The van der Waals surface area contributed by atoms with E-state index in [1.807, 2.05) is 0 Å². The number of benzene rings is 2. The monoisotopic (exact) mass is 213 g/mol. The van der Waals surface area contributed by atoms with Gasteiger partial charge in [-0.15, -0.1) is 0 Å². The van der Waals surface area contributed by atoms with Gasteiger partial charge in [0, 0.05) is 0 Å². The van der Waals surface area contributed by atoms with Gasteiger partial charge in [-0.05, 0) is 35.2 Å². The Hall–Kier alpha value is -1.34. The predicted molar refractivity (Wildman–Crippen MR) is 70.7 cm³/mol. The van der Waals surface area contributed by atoms with Crippen LogP contribution in [0.5, 0.6) is 0 Å². The first-order valence-corrected chi connectivity index (χ1v) is 6.04. The van der Waals surface area contributed by atoms with Crippen molar-refractivity contribution in [3.05, 3.63) is 48.0 Å². The number of nitrogens with two attached hydrogens (primary N) is 1. The molecule has 0 bridgehead atoms. The van der Waals surface area contributed by atoms with E-state index in [4.69, 9.17) is 5.73 Å². The molecular weight excluding hydrogens is 194 g/mol. The summed E-state index contributed by atoms with van der Waals surface area (Å²) in [7, 11) is 0. The Kier molecular flexibility index (Phi) is 3.58. The second kappa shape index (κ2) is 5.13. The molecule has 84 valence electrons. The maximum absolute atomic E-state index is 5.88. The van der Waals surface area contributed by atoms with Gasteiger partial charge in [-0.25, -0.2) is 0 Å². The fourth-order valence-corrected chi connectivity index (χ4v) is 2.36. The zero-order valence-electron chi connectivity index (χ0n) is 9.82. The van der Waals surface area contributed by atoms with Gasteiger partial charge in [-0.1, -0.05) is 55.8 Å². The van der Waals surface area contributed by atoms with Crippen molar-refractivity contribution in [3.8, 4) is 0 Å². The summed E-state index contributed by atoms with van der Waals surface area (Å²) in [5, 5.41) is 2.67. The molecule has 0 aromatic heterocycles. The lowest BCUT2D eigenvalue weighted by Crippen LogP contribution is -2.12. The zero-order chi connectivity index (χ0) is 11.4. The third kappa shape index (κ3) is 2.10. The van der Waals surface area contributed by atoms with Crippen LogP contribution in [0.4, 0.5) is 0 Å². The molecule has 0 aliphatic rings. The molecular formula is C15H19N. The Morgan fingerprint density at radius 3 is 2.56 bits per heavy atom. The van der Waals surface area contributed by atoms with Crippen molar-refractivity contribution < 1.29 is 0 Å². The molecule has 2 N–H and O–H groups in total. The van der Waals surface area contributed by atoms with Crippen LogP contribution in [0.3, 0.4) is 0 Å². The van der Waals surface area contributed by atoms with Crippen LogP contribution >= 0.6 is 0 Å².